The van der Waals surface area contributed by atoms with E-state index < -0.39 is 72.9 Å². The van der Waals surface area contributed by atoms with E-state index in [0.29, 0.717) is 5.56 Å². The van der Waals surface area contributed by atoms with Crippen molar-refractivity contribution < 1.29 is 44.4 Å². The molecule has 1 aromatic rings. The molecule has 0 saturated heterocycles. The molecule has 1 rings (SSSR count). The van der Waals surface area contributed by atoms with Crippen LogP contribution < -0.4 is 27.4 Å². The third kappa shape index (κ3) is 9.01. The summed E-state index contributed by atoms with van der Waals surface area (Å²) in [6.07, 6.45) is -2.35. The number of phenols is 1. The number of amides is 4. The van der Waals surface area contributed by atoms with Crippen LogP contribution in [0.3, 0.4) is 0 Å². The highest BCUT2D eigenvalue weighted by Crippen LogP contribution is 2.12. The second-order valence-electron chi connectivity index (χ2n) is 7.52. The third-order valence-electron chi connectivity index (χ3n) is 4.63. The van der Waals surface area contributed by atoms with E-state index in [1.807, 2.05) is 0 Å². The molecule has 0 spiro atoms. The zero-order chi connectivity index (χ0) is 26.0. The van der Waals surface area contributed by atoms with Crippen LogP contribution >= 0.6 is 0 Å². The zero-order valence-electron chi connectivity index (χ0n) is 18.3. The number of carboxylic acids is 1. The second-order valence-corrected chi connectivity index (χ2v) is 7.52. The highest BCUT2D eigenvalue weighted by Gasteiger charge is 2.33. The molecule has 0 aliphatic carbocycles. The molecule has 188 valence electrons. The maximum Gasteiger partial charge on any atom is 0.326 e. The Hall–Kier alpha value is -3.75. The summed E-state index contributed by atoms with van der Waals surface area (Å²) in [5.74, 6) is -5.50. The van der Waals surface area contributed by atoms with Crippen molar-refractivity contribution in [3.05, 3.63) is 29.8 Å². The van der Waals surface area contributed by atoms with Crippen LogP contribution in [0.15, 0.2) is 24.3 Å². The SMILES string of the molecule is C[C@@H](O)[C@H](NC(=O)[C@H](CC(N)=O)NC(=O)[C@@H](N)CO)C(=O)N[C@@H](Cc1ccc(O)cc1)C(=O)O. The molecule has 14 nitrogen and oxygen atoms in total. The summed E-state index contributed by atoms with van der Waals surface area (Å²) in [5, 5.41) is 44.2. The Morgan fingerprint density at radius 1 is 0.941 bits per heavy atom. The molecular formula is C20H29N5O9. The van der Waals surface area contributed by atoms with Gasteiger partial charge < -0.3 is 47.8 Å². The summed E-state index contributed by atoms with van der Waals surface area (Å²) in [6.45, 7) is 0.413. The molecule has 14 heteroatoms. The molecule has 0 saturated carbocycles. The molecule has 0 fully saturated rings. The van der Waals surface area contributed by atoms with Gasteiger partial charge in [0.25, 0.3) is 0 Å². The Morgan fingerprint density at radius 2 is 1.50 bits per heavy atom. The van der Waals surface area contributed by atoms with Crippen LogP contribution in [0.25, 0.3) is 0 Å². The Balaban J connectivity index is 2.97. The van der Waals surface area contributed by atoms with Gasteiger partial charge >= 0.3 is 5.97 Å². The van der Waals surface area contributed by atoms with E-state index >= 15 is 0 Å². The van der Waals surface area contributed by atoms with Crippen LogP contribution in [0.5, 0.6) is 5.75 Å². The van der Waals surface area contributed by atoms with Gasteiger partial charge in [-0.15, -0.1) is 0 Å². The number of phenolic OH excluding ortho intramolecular Hbond substituents is 1. The number of rotatable bonds is 13. The lowest BCUT2D eigenvalue weighted by atomic mass is 10.0. The Kier molecular flexibility index (Phi) is 10.9. The maximum atomic E-state index is 12.7. The molecule has 1 aromatic carbocycles. The van der Waals surface area contributed by atoms with Crippen molar-refractivity contribution in [3.63, 3.8) is 0 Å². The van der Waals surface area contributed by atoms with Crippen molar-refractivity contribution in [2.75, 3.05) is 6.61 Å². The number of aliphatic hydroxyl groups excluding tert-OH is 2. The fourth-order valence-electron chi connectivity index (χ4n) is 2.76. The number of aliphatic hydroxyl groups is 2. The molecule has 0 radical (unpaired) electrons. The van der Waals surface area contributed by atoms with E-state index in [1.165, 1.54) is 24.3 Å². The normalized spacial score (nSPS) is 15.2. The van der Waals surface area contributed by atoms with E-state index in [0.717, 1.165) is 6.92 Å². The van der Waals surface area contributed by atoms with Gasteiger partial charge in [-0.25, -0.2) is 4.79 Å². The van der Waals surface area contributed by atoms with E-state index in [1.54, 1.807) is 0 Å². The van der Waals surface area contributed by atoms with E-state index in [2.05, 4.69) is 16.0 Å². The molecule has 11 N–H and O–H groups in total. The molecule has 0 unspecified atom stereocenters. The van der Waals surface area contributed by atoms with Crippen LogP contribution in [0.2, 0.25) is 0 Å². The molecule has 5 atom stereocenters. The molecule has 0 bridgehead atoms. The van der Waals surface area contributed by atoms with Gasteiger partial charge in [0.1, 0.15) is 29.9 Å². The highest BCUT2D eigenvalue weighted by atomic mass is 16.4. The minimum atomic E-state index is -1.66. The van der Waals surface area contributed by atoms with Gasteiger partial charge in [0, 0.05) is 6.42 Å². The summed E-state index contributed by atoms with van der Waals surface area (Å²) in [6, 6.07) is -0.486. The number of carbonyl (C=O) groups excluding carboxylic acids is 4. The number of benzene rings is 1. The van der Waals surface area contributed by atoms with Crippen LogP contribution in [-0.4, -0.2) is 86.9 Å². The zero-order valence-corrected chi connectivity index (χ0v) is 18.3. The molecule has 0 heterocycles. The van der Waals surface area contributed by atoms with Crippen LogP contribution in [0.1, 0.15) is 18.9 Å². The molecular weight excluding hydrogens is 454 g/mol. The lowest BCUT2D eigenvalue weighted by Crippen LogP contribution is -2.60. The van der Waals surface area contributed by atoms with Gasteiger partial charge in [-0.2, -0.15) is 0 Å². The first-order valence-electron chi connectivity index (χ1n) is 10.1. The molecule has 4 amide bonds. The van der Waals surface area contributed by atoms with Crippen molar-refractivity contribution in [2.24, 2.45) is 11.5 Å². The number of nitrogens with two attached hydrogens (primary N) is 2. The molecule has 34 heavy (non-hydrogen) atoms. The monoisotopic (exact) mass is 483 g/mol. The van der Waals surface area contributed by atoms with Crippen molar-refractivity contribution in [1.29, 1.82) is 0 Å². The van der Waals surface area contributed by atoms with Crippen LogP contribution in [0, 0.1) is 0 Å². The van der Waals surface area contributed by atoms with Gasteiger partial charge in [-0.3, -0.25) is 19.2 Å². The van der Waals surface area contributed by atoms with Gasteiger partial charge in [0.05, 0.1) is 19.1 Å². The molecule has 0 aromatic heterocycles. The van der Waals surface area contributed by atoms with Crippen LogP contribution in [-0.2, 0) is 30.4 Å². The van der Waals surface area contributed by atoms with Gasteiger partial charge in [0.15, 0.2) is 0 Å². The quantitative estimate of drug-likeness (QED) is 0.131. The van der Waals surface area contributed by atoms with Crippen molar-refractivity contribution in [3.8, 4) is 5.75 Å². The summed E-state index contributed by atoms with van der Waals surface area (Å²) in [5.41, 5.74) is 10.9. The number of carboxylic acid groups (broad SMARTS) is 1. The minimum absolute atomic E-state index is 0.0332. The third-order valence-corrected chi connectivity index (χ3v) is 4.63. The number of aromatic hydroxyl groups is 1. The average Bonchev–Trinajstić information content (AvgIpc) is 2.76. The highest BCUT2D eigenvalue weighted by molar-refractivity contribution is 5.96. The standard InChI is InChI=1S/C20H29N5O9/c1-9(27)16(25-18(31)13(7-15(22)29)23-17(30)12(21)8-26)19(32)24-14(20(33)34)6-10-2-4-11(28)5-3-10/h2-5,9,12-14,16,26-28H,6-8,21H2,1H3,(H2,22,29)(H,23,30)(H,24,32)(H,25,31)(H,33,34)/t9-,12+,13+,14+,16+/m1/s1. The van der Waals surface area contributed by atoms with Crippen molar-refractivity contribution in [1.82, 2.24) is 16.0 Å². The molecule has 0 aliphatic heterocycles. The predicted octanol–water partition coefficient (Wildman–Crippen LogP) is -3.95. The minimum Gasteiger partial charge on any atom is -0.508 e. The van der Waals surface area contributed by atoms with Gasteiger partial charge in [-0.1, -0.05) is 12.1 Å². The summed E-state index contributed by atoms with van der Waals surface area (Å²) in [4.78, 5) is 60.1. The number of hydrogen-bond donors (Lipinski definition) is 9. The fourth-order valence-corrected chi connectivity index (χ4v) is 2.76. The summed E-state index contributed by atoms with van der Waals surface area (Å²) in [7, 11) is 0. The van der Waals surface area contributed by atoms with E-state index in [-0.39, 0.29) is 12.2 Å². The van der Waals surface area contributed by atoms with Gasteiger partial charge in [0.2, 0.25) is 23.6 Å². The number of hydrogen-bond acceptors (Lipinski definition) is 9. The van der Waals surface area contributed by atoms with Crippen molar-refractivity contribution >= 4 is 29.6 Å². The van der Waals surface area contributed by atoms with Crippen LogP contribution in [0.4, 0.5) is 0 Å². The Morgan fingerprint density at radius 3 is 1.97 bits per heavy atom. The number of carbonyl (C=O) groups is 5. The average molecular weight is 483 g/mol. The largest absolute Gasteiger partial charge is 0.508 e. The summed E-state index contributed by atoms with van der Waals surface area (Å²) < 4.78 is 0. The maximum absolute atomic E-state index is 12.7. The number of nitrogens with one attached hydrogen (secondary N) is 3. The lowest BCUT2D eigenvalue weighted by Gasteiger charge is -2.26. The first kappa shape index (κ1) is 28.3. The Labute approximate surface area is 194 Å². The fraction of sp³-hybridized carbons (Fsp3) is 0.450. The van der Waals surface area contributed by atoms with Gasteiger partial charge in [-0.05, 0) is 24.6 Å². The molecule has 0 aliphatic rings. The van der Waals surface area contributed by atoms with E-state index in [4.69, 9.17) is 16.6 Å². The Bertz CT molecular complexity index is 891. The van der Waals surface area contributed by atoms with E-state index in [9.17, 15) is 39.3 Å². The second kappa shape index (κ2) is 13.1. The number of aliphatic carboxylic acids is 1. The topological polar surface area (TPSA) is 254 Å². The predicted molar refractivity (Wildman–Crippen MR) is 116 cm³/mol. The van der Waals surface area contributed by atoms with Crippen molar-refractivity contribution in [2.45, 2.75) is 50.0 Å². The lowest BCUT2D eigenvalue weighted by molar-refractivity contribution is -0.143. The number of primary amides is 1. The smallest absolute Gasteiger partial charge is 0.326 e. The first-order chi connectivity index (χ1) is 15.8. The first-order valence-corrected chi connectivity index (χ1v) is 10.1. The summed E-state index contributed by atoms with van der Waals surface area (Å²) >= 11 is 0.